The lowest BCUT2D eigenvalue weighted by Gasteiger charge is -2.17. The Hall–Kier alpha value is -1.94. The highest BCUT2D eigenvalue weighted by molar-refractivity contribution is 5.59. The zero-order chi connectivity index (χ0) is 9.80. The molecule has 0 saturated heterocycles. The number of aromatic nitrogens is 2. The van der Waals surface area contributed by atoms with E-state index in [0.29, 0.717) is 0 Å². The SMILES string of the molecule is NN(c1ccncc1)c1ccncc1. The molecule has 0 aliphatic heterocycles. The number of hydrazine groups is 1. The first-order valence-corrected chi connectivity index (χ1v) is 4.23. The van der Waals surface area contributed by atoms with Crippen LogP contribution in [0.1, 0.15) is 0 Å². The van der Waals surface area contributed by atoms with Gasteiger partial charge in [0, 0.05) is 24.8 Å². The zero-order valence-corrected chi connectivity index (χ0v) is 7.54. The molecular formula is C10H10N4. The molecule has 2 rings (SSSR count). The number of pyridine rings is 2. The van der Waals surface area contributed by atoms with Gasteiger partial charge in [0.2, 0.25) is 0 Å². The fourth-order valence-corrected chi connectivity index (χ4v) is 1.16. The first-order valence-electron chi connectivity index (χ1n) is 4.23. The summed E-state index contributed by atoms with van der Waals surface area (Å²) in [6.45, 7) is 0. The maximum absolute atomic E-state index is 5.89. The number of hydrogen-bond acceptors (Lipinski definition) is 4. The molecule has 0 saturated carbocycles. The Morgan fingerprint density at radius 2 is 1.14 bits per heavy atom. The van der Waals surface area contributed by atoms with Crippen molar-refractivity contribution in [3.63, 3.8) is 0 Å². The summed E-state index contributed by atoms with van der Waals surface area (Å²) in [5, 5.41) is 1.59. The van der Waals surface area contributed by atoms with Gasteiger partial charge in [0.15, 0.2) is 0 Å². The smallest absolute Gasteiger partial charge is 0.0605 e. The maximum Gasteiger partial charge on any atom is 0.0605 e. The van der Waals surface area contributed by atoms with Crippen molar-refractivity contribution < 1.29 is 0 Å². The van der Waals surface area contributed by atoms with Gasteiger partial charge < -0.3 is 0 Å². The van der Waals surface area contributed by atoms with E-state index < -0.39 is 0 Å². The zero-order valence-electron chi connectivity index (χ0n) is 7.54. The summed E-state index contributed by atoms with van der Waals surface area (Å²) >= 11 is 0. The molecule has 0 aromatic carbocycles. The van der Waals surface area contributed by atoms with E-state index in [1.807, 2.05) is 24.3 Å². The lowest BCUT2D eigenvalue weighted by atomic mass is 10.3. The van der Waals surface area contributed by atoms with E-state index in [1.54, 1.807) is 29.8 Å². The van der Waals surface area contributed by atoms with Crippen molar-refractivity contribution in [1.29, 1.82) is 0 Å². The topological polar surface area (TPSA) is 55.0 Å². The van der Waals surface area contributed by atoms with Crippen LogP contribution in [0.2, 0.25) is 0 Å². The number of nitrogens with zero attached hydrogens (tertiary/aromatic N) is 3. The molecule has 0 fully saturated rings. The standard InChI is InChI=1S/C10H10N4/c11-14(9-1-5-12-6-2-9)10-3-7-13-8-4-10/h1-8H,11H2. The van der Waals surface area contributed by atoms with Crippen LogP contribution < -0.4 is 10.9 Å². The maximum atomic E-state index is 5.89. The lowest BCUT2D eigenvalue weighted by Crippen LogP contribution is -2.24. The third kappa shape index (κ3) is 1.70. The van der Waals surface area contributed by atoms with Crippen LogP contribution >= 0.6 is 0 Å². The summed E-state index contributed by atoms with van der Waals surface area (Å²) in [7, 11) is 0. The highest BCUT2D eigenvalue weighted by Crippen LogP contribution is 2.18. The molecule has 4 heteroatoms. The Balaban J connectivity index is 2.30. The minimum atomic E-state index is 0.895. The fraction of sp³-hybridized carbons (Fsp3) is 0. The third-order valence-corrected chi connectivity index (χ3v) is 1.88. The molecular weight excluding hydrogens is 176 g/mol. The first-order chi connectivity index (χ1) is 6.88. The molecule has 2 aromatic heterocycles. The van der Waals surface area contributed by atoms with E-state index in [-0.39, 0.29) is 0 Å². The Bertz CT molecular complexity index is 348. The highest BCUT2D eigenvalue weighted by atomic mass is 15.4. The molecule has 2 aromatic rings. The Morgan fingerprint density at radius 1 is 0.786 bits per heavy atom. The van der Waals surface area contributed by atoms with E-state index >= 15 is 0 Å². The molecule has 14 heavy (non-hydrogen) atoms. The van der Waals surface area contributed by atoms with E-state index in [2.05, 4.69) is 9.97 Å². The number of hydrogen-bond donors (Lipinski definition) is 1. The molecule has 4 nitrogen and oxygen atoms in total. The minimum Gasteiger partial charge on any atom is -0.279 e. The molecule has 2 N–H and O–H groups in total. The third-order valence-electron chi connectivity index (χ3n) is 1.88. The molecule has 0 aliphatic carbocycles. The van der Waals surface area contributed by atoms with E-state index in [0.717, 1.165) is 11.4 Å². The van der Waals surface area contributed by atoms with Gasteiger partial charge in [-0.15, -0.1) is 0 Å². The van der Waals surface area contributed by atoms with Crippen LogP contribution in [-0.4, -0.2) is 9.97 Å². The first kappa shape index (κ1) is 8.65. The average Bonchev–Trinajstić information content (AvgIpc) is 2.30. The molecule has 70 valence electrons. The Kier molecular flexibility index (Phi) is 2.38. The summed E-state index contributed by atoms with van der Waals surface area (Å²) in [6, 6.07) is 7.39. The summed E-state index contributed by atoms with van der Waals surface area (Å²) in [4.78, 5) is 7.85. The monoisotopic (exact) mass is 186 g/mol. The van der Waals surface area contributed by atoms with Crippen molar-refractivity contribution in [2.45, 2.75) is 0 Å². The van der Waals surface area contributed by atoms with Crippen LogP contribution in [0.15, 0.2) is 49.1 Å². The van der Waals surface area contributed by atoms with Gasteiger partial charge >= 0.3 is 0 Å². The molecule has 0 bridgehead atoms. The van der Waals surface area contributed by atoms with Crippen molar-refractivity contribution in [2.75, 3.05) is 5.01 Å². The van der Waals surface area contributed by atoms with Crippen molar-refractivity contribution in [3.05, 3.63) is 49.1 Å². The molecule has 0 amide bonds. The van der Waals surface area contributed by atoms with Crippen LogP contribution in [0.25, 0.3) is 0 Å². The molecule has 0 unspecified atom stereocenters. The highest BCUT2D eigenvalue weighted by Gasteiger charge is 2.02. The predicted octanol–water partition coefficient (Wildman–Crippen LogP) is 1.49. The summed E-state index contributed by atoms with van der Waals surface area (Å²) in [5.74, 6) is 5.89. The second-order valence-electron chi connectivity index (χ2n) is 2.78. The van der Waals surface area contributed by atoms with E-state index in [9.17, 15) is 0 Å². The van der Waals surface area contributed by atoms with Crippen molar-refractivity contribution >= 4 is 11.4 Å². The molecule has 0 aliphatic rings. The molecule has 0 atom stereocenters. The van der Waals surface area contributed by atoms with Crippen LogP contribution in [0.4, 0.5) is 11.4 Å². The number of anilines is 2. The second kappa shape index (κ2) is 3.85. The average molecular weight is 186 g/mol. The largest absolute Gasteiger partial charge is 0.279 e. The van der Waals surface area contributed by atoms with Gasteiger partial charge in [-0.25, -0.2) is 5.84 Å². The van der Waals surface area contributed by atoms with Gasteiger partial charge in [-0.3, -0.25) is 15.0 Å². The number of rotatable bonds is 2. The summed E-state index contributed by atoms with van der Waals surface area (Å²) < 4.78 is 0. The fourth-order valence-electron chi connectivity index (χ4n) is 1.16. The predicted molar refractivity (Wildman–Crippen MR) is 54.8 cm³/mol. The van der Waals surface area contributed by atoms with Crippen molar-refractivity contribution in [2.24, 2.45) is 5.84 Å². The van der Waals surface area contributed by atoms with Gasteiger partial charge in [-0.2, -0.15) is 0 Å². The summed E-state index contributed by atoms with van der Waals surface area (Å²) in [5.41, 5.74) is 1.79. The van der Waals surface area contributed by atoms with Crippen LogP contribution in [0.5, 0.6) is 0 Å². The Labute approximate surface area is 82.0 Å². The molecule has 2 heterocycles. The van der Waals surface area contributed by atoms with Crippen molar-refractivity contribution in [3.8, 4) is 0 Å². The normalized spacial score (nSPS) is 9.79. The molecule has 0 spiro atoms. The van der Waals surface area contributed by atoms with Gasteiger partial charge in [-0.05, 0) is 24.3 Å². The van der Waals surface area contributed by atoms with Gasteiger partial charge in [-0.1, -0.05) is 0 Å². The molecule has 0 radical (unpaired) electrons. The minimum absolute atomic E-state index is 0.895. The van der Waals surface area contributed by atoms with Gasteiger partial charge in [0.05, 0.1) is 11.4 Å². The second-order valence-corrected chi connectivity index (χ2v) is 2.78. The number of nitrogens with two attached hydrogens (primary N) is 1. The van der Waals surface area contributed by atoms with Crippen LogP contribution in [0, 0.1) is 0 Å². The Morgan fingerprint density at radius 3 is 1.50 bits per heavy atom. The van der Waals surface area contributed by atoms with Gasteiger partial charge in [0.25, 0.3) is 0 Å². The quantitative estimate of drug-likeness (QED) is 0.570. The summed E-state index contributed by atoms with van der Waals surface area (Å²) in [6.07, 6.45) is 6.82. The van der Waals surface area contributed by atoms with E-state index in [1.165, 1.54) is 0 Å². The van der Waals surface area contributed by atoms with Crippen LogP contribution in [-0.2, 0) is 0 Å². The lowest BCUT2D eigenvalue weighted by molar-refractivity contribution is 1.07. The van der Waals surface area contributed by atoms with Gasteiger partial charge in [0.1, 0.15) is 0 Å². The van der Waals surface area contributed by atoms with Crippen molar-refractivity contribution in [1.82, 2.24) is 9.97 Å². The van der Waals surface area contributed by atoms with E-state index in [4.69, 9.17) is 5.84 Å². The van der Waals surface area contributed by atoms with Crippen LogP contribution in [0.3, 0.4) is 0 Å².